The van der Waals surface area contributed by atoms with E-state index in [0.717, 1.165) is 11.2 Å². The van der Waals surface area contributed by atoms with Crippen LogP contribution in [-0.2, 0) is 9.31 Å². The molecule has 1 saturated carbocycles. The standard InChI is InChI=1S/C19H27BN2O2/c1-18(2)19(3,4)24-20(23-18)15-10-11-17(14(12-15)13-21)22-16-8-6-5-7-9-16/h10-12,16,22H,5-9H2,1-4H3. The van der Waals surface area contributed by atoms with Crippen molar-refractivity contribution in [2.75, 3.05) is 5.32 Å². The highest BCUT2D eigenvalue weighted by Crippen LogP contribution is 2.36. The molecular weight excluding hydrogens is 299 g/mol. The molecule has 0 bridgehead atoms. The van der Waals surface area contributed by atoms with Crippen LogP contribution in [0.1, 0.15) is 65.4 Å². The molecule has 1 aliphatic heterocycles. The third-order valence-corrected chi connectivity index (χ3v) is 5.65. The number of nitriles is 1. The molecule has 1 N–H and O–H groups in total. The molecule has 0 amide bonds. The van der Waals surface area contributed by atoms with Crippen molar-refractivity contribution >= 4 is 18.3 Å². The van der Waals surface area contributed by atoms with Gasteiger partial charge in [0, 0.05) is 6.04 Å². The Bertz CT molecular complexity index is 629. The maximum absolute atomic E-state index is 9.55. The van der Waals surface area contributed by atoms with Gasteiger partial charge in [0.05, 0.1) is 22.5 Å². The normalized spacial score (nSPS) is 23.0. The molecule has 2 fully saturated rings. The van der Waals surface area contributed by atoms with Gasteiger partial charge in [-0.15, -0.1) is 0 Å². The van der Waals surface area contributed by atoms with E-state index < -0.39 is 7.12 Å². The van der Waals surface area contributed by atoms with E-state index in [2.05, 4.69) is 11.4 Å². The Kier molecular flexibility index (Phi) is 4.64. The van der Waals surface area contributed by atoms with Gasteiger partial charge in [0.15, 0.2) is 0 Å². The Morgan fingerprint density at radius 3 is 2.29 bits per heavy atom. The van der Waals surface area contributed by atoms with Crippen LogP contribution >= 0.6 is 0 Å². The number of anilines is 1. The molecule has 1 aromatic rings. The Morgan fingerprint density at radius 2 is 1.71 bits per heavy atom. The van der Waals surface area contributed by atoms with E-state index in [1.807, 2.05) is 45.9 Å². The summed E-state index contributed by atoms with van der Waals surface area (Å²) >= 11 is 0. The molecule has 0 aromatic heterocycles. The van der Waals surface area contributed by atoms with Crippen LogP contribution in [0.15, 0.2) is 18.2 Å². The minimum atomic E-state index is -0.425. The molecular formula is C19H27BN2O2. The molecule has 0 spiro atoms. The number of nitrogens with zero attached hydrogens (tertiary/aromatic N) is 1. The minimum absolute atomic E-state index is 0.372. The van der Waals surface area contributed by atoms with Crippen molar-refractivity contribution in [3.05, 3.63) is 23.8 Å². The lowest BCUT2D eigenvalue weighted by molar-refractivity contribution is 0.00578. The summed E-state index contributed by atoms with van der Waals surface area (Å²) in [5, 5.41) is 13.1. The topological polar surface area (TPSA) is 54.3 Å². The maximum atomic E-state index is 9.55. The molecule has 1 saturated heterocycles. The highest BCUT2D eigenvalue weighted by atomic mass is 16.7. The lowest BCUT2D eigenvalue weighted by Gasteiger charge is -2.32. The molecule has 4 nitrogen and oxygen atoms in total. The van der Waals surface area contributed by atoms with Crippen LogP contribution in [0.5, 0.6) is 0 Å². The molecule has 1 heterocycles. The van der Waals surface area contributed by atoms with Crippen molar-refractivity contribution in [1.29, 1.82) is 5.26 Å². The van der Waals surface area contributed by atoms with Crippen molar-refractivity contribution in [1.82, 2.24) is 0 Å². The van der Waals surface area contributed by atoms with E-state index in [1.165, 1.54) is 32.1 Å². The number of hydrogen-bond donors (Lipinski definition) is 1. The third kappa shape index (κ3) is 3.31. The second-order valence-electron chi connectivity index (χ2n) is 7.98. The van der Waals surface area contributed by atoms with E-state index in [-0.39, 0.29) is 11.2 Å². The summed E-state index contributed by atoms with van der Waals surface area (Å²) in [6.45, 7) is 8.16. The molecule has 1 aromatic carbocycles. The van der Waals surface area contributed by atoms with Gasteiger partial charge in [-0.1, -0.05) is 25.3 Å². The van der Waals surface area contributed by atoms with Gasteiger partial charge >= 0.3 is 7.12 Å². The van der Waals surface area contributed by atoms with Crippen LogP contribution in [0.3, 0.4) is 0 Å². The lowest BCUT2D eigenvalue weighted by Crippen LogP contribution is -2.41. The molecule has 0 atom stereocenters. The van der Waals surface area contributed by atoms with Gasteiger partial charge in [-0.05, 0) is 58.1 Å². The first-order valence-corrected chi connectivity index (χ1v) is 8.99. The molecule has 128 valence electrons. The van der Waals surface area contributed by atoms with Gasteiger partial charge in [0.25, 0.3) is 0 Å². The first-order valence-electron chi connectivity index (χ1n) is 8.99. The summed E-state index contributed by atoms with van der Waals surface area (Å²) in [5.41, 5.74) is 1.74. The fourth-order valence-electron chi connectivity index (χ4n) is 3.37. The Hall–Kier alpha value is -1.51. The largest absolute Gasteiger partial charge is 0.494 e. The first kappa shape index (κ1) is 17.3. The number of hydrogen-bond acceptors (Lipinski definition) is 4. The van der Waals surface area contributed by atoms with Crippen LogP contribution in [-0.4, -0.2) is 24.4 Å². The van der Waals surface area contributed by atoms with E-state index in [4.69, 9.17) is 9.31 Å². The third-order valence-electron chi connectivity index (χ3n) is 5.65. The summed E-state index contributed by atoms with van der Waals surface area (Å²) in [6.07, 6.45) is 6.23. The average molecular weight is 326 g/mol. The number of nitrogens with one attached hydrogen (secondary N) is 1. The van der Waals surface area contributed by atoms with Gasteiger partial charge in [0.1, 0.15) is 6.07 Å². The Morgan fingerprint density at radius 1 is 1.08 bits per heavy atom. The van der Waals surface area contributed by atoms with Gasteiger partial charge in [0.2, 0.25) is 0 Å². The van der Waals surface area contributed by atoms with Gasteiger partial charge in [-0.3, -0.25) is 0 Å². The van der Waals surface area contributed by atoms with Gasteiger partial charge < -0.3 is 14.6 Å². The molecule has 2 aliphatic rings. The average Bonchev–Trinajstić information content (AvgIpc) is 2.77. The van der Waals surface area contributed by atoms with Crippen LogP contribution in [0.4, 0.5) is 5.69 Å². The van der Waals surface area contributed by atoms with E-state index >= 15 is 0 Å². The predicted molar refractivity (Wildman–Crippen MR) is 97.4 cm³/mol. The van der Waals surface area contributed by atoms with Crippen molar-refractivity contribution in [3.8, 4) is 6.07 Å². The zero-order valence-electron chi connectivity index (χ0n) is 15.2. The smallest absolute Gasteiger partial charge is 0.399 e. The monoisotopic (exact) mass is 326 g/mol. The zero-order valence-corrected chi connectivity index (χ0v) is 15.2. The van der Waals surface area contributed by atoms with Crippen molar-refractivity contribution < 1.29 is 9.31 Å². The Balaban J connectivity index is 1.78. The number of rotatable bonds is 3. The van der Waals surface area contributed by atoms with E-state index in [0.29, 0.717) is 11.6 Å². The van der Waals surface area contributed by atoms with Gasteiger partial charge in [-0.2, -0.15) is 5.26 Å². The zero-order chi connectivity index (χ0) is 17.4. The van der Waals surface area contributed by atoms with Crippen LogP contribution in [0, 0.1) is 11.3 Å². The first-order chi connectivity index (χ1) is 11.3. The Labute approximate surface area is 145 Å². The predicted octanol–water partition coefficient (Wildman–Crippen LogP) is 3.60. The minimum Gasteiger partial charge on any atom is -0.399 e. The molecule has 3 rings (SSSR count). The molecule has 0 unspecified atom stereocenters. The highest BCUT2D eigenvalue weighted by Gasteiger charge is 2.51. The fourth-order valence-corrected chi connectivity index (χ4v) is 3.37. The van der Waals surface area contributed by atoms with Crippen molar-refractivity contribution in [2.45, 2.75) is 77.0 Å². The summed E-state index contributed by atoms with van der Waals surface area (Å²) in [6, 6.07) is 8.69. The van der Waals surface area contributed by atoms with Crippen LogP contribution in [0.2, 0.25) is 0 Å². The summed E-state index contributed by atoms with van der Waals surface area (Å²) in [4.78, 5) is 0. The second-order valence-corrected chi connectivity index (χ2v) is 7.98. The molecule has 0 radical (unpaired) electrons. The van der Waals surface area contributed by atoms with E-state index in [9.17, 15) is 5.26 Å². The number of benzene rings is 1. The van der Waals surface area contributed by atoms with Crippen LogP contribution < -0.4 is 10.8 Å². The fraction of sp³-hybridized carbons (Fsp3) is 0.632. The van der Waals surface area contributed by atoms with Crippen molar-refractivity contribution in [2.24, 2.45) is 0 Å². The molecule has 5 heteroatoms. The quantitative estimate of drug-likeness (QED) is 0.862. The molecule has 1 aliphatic carbocycles. The SMILES string of the molecule is CC1(C)OB(c2ccc(NC3CCCCC3)c(C#N)c2)OC1(C)C. The summed E-state index contributed by atoms with van der Waals surface area (Å²) in [5.74, 6) is 0. The van der Waals surface area contributed by atoms with Crippen LogP contribution in [0.25, 0.3) is 0 Å². The van der Waals surface area contributed by atoms with Gasteiger partial charge in [-0.25, -0.2) is 0 Å². The molecule has 24 heavy (non-hydrogen) atoms. The second kappa shape index (κ2) is 6.42. The summed E-state index contributed by atoms with van der Waals surface area (Å²) < 4.78 is 12.2. The lowest BCUT2D eigenvalue weighted by atomic mass is 9.78. The van der Waals surface area contributed by atoms with Crippen molar-refractivity contribution in [3.63, 3.8) is 0 Å². The highest BCUT2D eigenvalue weighted by molar-refractivity contribution is 6.62. The maximum Gasteiger partial charge on any atom is 0.494 e. The van der Waals surface area contributed by atoms with E-state index in [1.54, 1.807) is 0 Å². The summed E-state index contributed by atoms with van der Waals surface area (Å²) in [7, 11) is -0.425.